The molecule has 0 radical (unpaired) electrons. The molecule has 9 nitrogen and oxygen atoms in total. The average Bonchev–Trinajstić information content (AvgIpc) is 2.82. The minimum Gasteiger partial charge on any atom is -0.310 e. The van der Waals surface area contributed by atoms with Crippen molar-refractivity contribution in [1.82, 2.24) is 25.2 Å². The van der Waals surface area contributed by atoms with Crippen molar-refractivity contribution in [2.24, 2.45) is 7.05 Å². The lowest BCUT2D eigenvalue weighted by molar-refractivity contribution is 0.0843. The monoisotopic (exact) mass is 463 g/mol. The quantitative estimate of drug-likeness (QED) is 0.448. The third-order valence-corrected chi connectivity index (χ3v) is 5.37. The van der Waals surface area contributed by atoms with Gasteiger partial charge in [-0.25, -0.2) is 4.68 Å². The molecule has 166 valence electrons. The Morgan fingerprint density at radius 3 is 2.33 bits per heavy atom. The number of hydrogen-bond acceptors (Lipinski definition) is 5. The molecule has 10 heteroatoms. The summed E-state index contributed by atoms with van der Waals surface area (Å²) in [5.41, 5.74) is 4.82. The van der Waals surface area contributed by atoms with E-state index in [1.807, 2.05) is 0 Å². The van der Waals surface area contributed by atoms with Gasteiger partial charge in [0, 0.05) is 29.7 Å². The largest absolute Gasteiger partial charge is 0.310 e. The molecule has 2 amide bonds. The smallest absolute Gasteiger partial charge is 0.290 e. The highest BCUT2D eigenvalue weighted by Gasteiger charge is 2.17. The summed E-state index contributed by atoms with van der Waals surface area (Å²) in [5.74, 6) is -1.33. The van der Waals surface area contributed by atoms with Crippen LogP contribution in [0.5, 0.6) is 0 Å². The molecule has 2 N–H and O–H groups in total. The molecule has 0 saturated heterocycles. The van der Waals surface area contributed by atoms with E-state index in [4.69, 9.17) is 11.6 Å². The number of carbonyl (C=O) groups is 2. The summed E-state index contributed by atoms with van der Waals surface area (Å²) < 4.78 is 2.41. The first-order chi connectivity index (χ1) is 15.8. The number of hydrazine groups is 1. The van der Waals surface area contributed by atoms with Gasteiger partial charge in [0.2, 0.25) is 0 Å². The van der Waals surface area contributed by atoms with Crippen LogP contribution in [0.4, 0.5) is 0 Å². The molecule has 0 atom stereocenters. The fourth-order valence-electron chi connectivity index (χ4n) is 3.31. The zero-order valence-electron chi connectivity index (χ0n) is 17.4. The minimum atomic E-state index is -0.695. The fraction of sp³-hybridized carbons (Fsp3) is 0.0870. The first-order valence-corrected chi connectivity index (χ1v) is 10.2. The van der Waals surface area contributed by atoms with Gasteiger partial charge in [0.05, 0.1) is 17.5 Å². The summed E-state index contributed by atoms with van der Waals surface area (Å²) in [6, 6.07) is 16.3. The van der Waals surface area contributed by atoms with Crippen molar-refractivity contribution in [3.05, 3.63) is 109 Å². The third-order valence-electron chi connectivity index (χ3n) is 5.01. The number of aromatic nitrogens is 3. The molecule has 0 spiro atoms. The predicted octanol–water partition coefficient (Wildman–Crippen LogP) is 1.87. The standard InChI is InChI=1S/C23H18ClN5O4/c1-28-23(33)17-8-4-3-7-16(17)20(27-28)22(32)26-25-21(31)15-10-11-19(30)29(13-15)12-14-6-2-5-9-18(14)24/h2-11,13H,12H2,1H3,(H,25,31)(H,26,32). The van der Waals surface area contributed by atoms with Crippen LogP contribution in [-0.4, -0.2) is 26.2 Å². The van der Waals surface area contributed by atoms with Crippen LogP contribution in [0, 0.1) is 0 Å². The molecule has 0 unspecified atom stereocenters. The van der Waals surface area contributed by atoms with E-state index < -0.39 is 11.8 Å². The van der Waals surface area contributed by atoms with Gasteiger partial charge in [0.25, 0.3) is 22.9 Å². The van der Waals surface area contributed by atoms with Gasteiger partial charge < -0.3 is 4.57 Å². The number of benzene rings is 2. The van der Waals surface area contributed by atoms with Crippen molar-refractivity contribution in [1.29, 1.82) is 0 Å². The van der Waals surface area contributed by atoms with Crippen molar-refractivity contribution in [2.75, 3.05) is 0 Å². The summed E-state index contributed by atoms with van der Waals surface area (Å²) in [6.07, 6.45) is 1.38. The third kappa shape index (κ3) is 4.53. The Hall–Kier alpha value is -4.24. The molecule has 0 aliphatic carbocycles. The molecule has 2 heterocycles. The van der Waals surface area contributed by atoms with Crippen molar-refractivity contribution < 1.29 is 9.59 Å². The van der Waals surface area contributed by atoms with Crippen molar-refractivity contribution in [3.8, 4) is 0 Å². The Morgan fingerprint density at radius 1 is 0.909 bits per heavy atom. The Kier molecular flexibility index (Phi) is 6.05. The van der Waals surface area contributed by atoms with E-state index in [1.54, 1.807) is 48.5 Å². The van der Waals surface area contributed by atoms with Gasteiger partial charge >= 0.3 is 0 Å². The van der Waals surface area contributed by atoms with Crippen molar-refractivity contribution >= 4 is 34.2 Å². The number of pyridine rings is 1. The van der Waals surface area contributed by atoms with Gasteiger partial charge in [-0.1, -0.05) is 48.0 Å². The molecule has 0 aliphatic rings. The second-order valence-corrected chi connectivity index (χ2v) is 7.61. The van der Waals surface area contributed by atoms with E-state index in [9.17, 15) is 19.2 Å². The molecule has 2 aromatic carbocycles. The number of fused-ring (bicyclic) bond motifs is 1. The molecule has 33 heavy (non-hydrogen) atoms. The summed E-state index contributed by atoms with van der Waals surface area (Å²) in [7, 11) is 1.44. The minimum absolute atomic E-state index is 0.0170. The van der Waals surface area contributed by atoms with E-state index in [0.717, 1.165) is 10.2 Å². The maximum atomic E-state index is 12.7. The van der Waals surface area contributed by atoms with Crippen molar-refractivity contribution in [2.45, 2.75) is 6.54 Å². The number of carbonyl (C=O) groups excluding carboxylic acids is 2. The van der Waals surface area contributed by atoms with Gasteiger partial charge in [-0.3, -0.25) is 30.0 Å². The number of halogens is 1. The molecular weight excluding hydrogens is 446 g/mol. The summed E-state index contributed by atoms with van der Waals surface area (Å²) in [4.78, 5) is 49.7. The van der Waals surface area contributed by atoms with E-state index in [0.29, 0.717) is 15.8 Å². The SMILES string of the molecule is Cn1nc(C(=O)NNC(=O)c2ccc(=O)n(Cc3ccccc3Cl)c2)c2ccccc2c1=O. The van der Waals surface area contributed by atoms with Crippen LogP contribution in [0.15, 0.2) is 76.4 Å². The lowest BCUT2D eigenvalue weighted by Gasteiger charge is -2.11. The predicted molar refractivity (Wildman–Crippen MR) is 123 cm³/mol. The molecular formula is C23H18ClN5O4. The molecule has 2 aromatic heterocycles. The first-order valence-electron chi connectivity index (χ1n) is 9.86. The number of nitrogens with one attached hydrogen (secondary N) is 2. The van der Waals surface area contributed by atoms with Gasteiger partial charge in [-0.15, -0.1) is 0 Å². The van der Waals surface area contributed by atoms with Gasteiger partial charge in [0.15, 0.2) is 5.69 Å². The molecule has 4 aromatic rings. The summed E-state index contributed by atoms with van der Waals surface area (Å²) in [6.45, 7) is 0.180. The summed E-state index contributed by atoms with van der Waals surface area (Å²) >= 11 is 6.16. The summed E-state index contributed by atoms with van der Waals surface area (Å²) in [5, 5.41) is 5.21. The second-order valence-electron chi connectivity index (χ2n) is 7.21. The Morgan fingerprint density at radius 2 is 1.58 bits per heavy atom. The Bertz CT molecular complexity index is 1510. The Balaban J connectivity index is 1.53. The molecule has 0 fully saturated rings. The van der Waals surface area contributed by atoms with Crippen molar-refractivity contribution in [3.63, 3.8) is 0 Å². The van der Waals surface area contributed by atoms with E-state index in [1.165, 1.54) is 29.9 Å². The molecule has 0 bridgehead atoms. The van der Waals surface area contributed by atoms with Crippen LogP contribution in [0.3, 0.4) is 0 Å². The highest BCUT2D eigenvalue weighted by atomic mass is 35.5. The average molecular weight is 464 g/mol. The first kappa shape index (κ1) is 22.0. The second kappa shape index (κ2) is 9.09. The van der Waals surface area contributed by atoms with Gasteiger partial charge in [-0.05, 0) is 23.8 Å². The lowest BCUT2D eigenvalue weighted by Crippen LogP contribution is -2.43. The topological polar surface area (TPSA) is 115 Å². The lowest BCUT2D eigenvalue weighted by atomic mass is 10.1. The number of aryl methyl sites for hydroxylation is 1. The van der Waals surface area contributed by atoms with Gasteiger partial charge in [0.1, 0.15) is 0 Å². The molecule has 0 saturated carbocycles. The normalized spacial score (nSPS) is 10.7. The van der Waals surface area contributed by atoms with E-state index in [-0.39, 0.29) is 28.9 Å². The number of hydrogen-bond donors (Lipinski definition) is 2. The highest BCUT2D eigenvalue weighted by molar-refractivity contribution is 6.31. The van der Waals surface area contributed by atoms with Gasteiger partial charge in [-0.2, -0.15) is 5.10 Å². The van der Waals surface area contributed by atoms with E-state index >= 15 is 0 Å². The molecule has 4 rings (SSSR count). The van der Waals surface area contributed by atoms with Crippen LogP contribution in [0.2, 0.25) is 5.02 Å². The number of rotatable bonds is 4. The maximum Gasteiger partial charge on any atom is 0.290 e. The number of nitrogens with zero attached hydrogens (tertiary/aromatic N) is 3. The van der Waals surface area contributed by atoms with Crippen LogP contribution < -0.4 is 22.0 Å². The maximum absolute atomic E-state index is 12.7. The van der Waals surface area contributed by atoms with Crippen LogP contribution in [0.1, 0.15) is 26.4 Å². The van der Waals surface area contributed by atoms with Crippen LogP contribution in [0.25, 0.3) is 10.8 Å². The Labute approximate surface area is 192 Å². The molecule has 0 aliphatic heterocycles. The van der Waals surface area contributed by atoms with Crippen LogP contribution >= 0.6 is 11.6 Å². The zero-order chi connectivity index (χ0) is 23.5. The number of amides is 2. The van der Waals surface area contributed by atoms with E-state index in [2.05, 4.69) is 16.0 Å². The van der Waals surface area contributed by atoms with Crippen LogP contribution in [-0.2, 0) is 13.6 Å². The highest BCUT2D eigenvalue weighted by Crippen LogP contribution is 2.16. The zero-order valence-corrected chi connectivity index (χ0v) is 18.2. The fourth-order valence-corrected chi connectivity index (χ4v) is 3.51.